The smallest absolute Gasteiger partial charge is 0.309 e. The lowest BCUT2D eigenvalue weighted by Gasteiger charge is -2.34. The van der Waals surface area contributed by atoms with E-state index in [1.165, 1.54) is 29.8 Å². The van der Waals surface area contributed by atoms with Crippen LogP contribution >= 0.6 is 0 Å². The van der Waals surface area contributed by atoms with E-state index >= 15 is 0 Å². The van der Waals surface area contributed by atoms with Crippen LogP contribution in [0.5, 0.6) is 5.75 Å². The zero-order valence-electron chi connectivity index (χ0n) is 18.0. The Labute approximate surface area is 186 Å². The Hall–Kier alpha value is -2.89. The minimum Gasteiger partial charge on any atom is -0.496 e. The number of hydrogen-bond acceptors (Lipinski definition) is 7. The predicted molar refractivity (Wildman–Crippen MR) is 114 cm³/mol. The van der Waals surface area contributed by atoms with Crippen LogP contribution in [-0.4, -0.2) is 64.1 Å². The molecule has 1 fully saturated rings. The van der Waals surface area contributed by atoms with Crippen molar-refractivity contribution >= 4 is 21.8 Å². The van der Waals surface area contributed by atoms with E-state index in [0.717, 1.165) is 0 Å². The largest absolute Gasteiger partial charge is 0.496 e. The van der Waals surface area contributed by atoms with Crippen LogP contribution in [0.2, 0.25) is 0 Å². The van der Waals surface area contributed by atoms with Gasteiger partial charge in [-0.2, -0.15) is 4.31 Å². The number of rotatable bonds is 8. The Bertz CT molecular complexity index is 1040. The number of benzene rings is 1. The summed E-state index contributed by atoms with van der Waals surface area (Å²) in [5.74, 6) is -0.402. The maximum atomic E-state index is 13.2. The average Bonchev–Trinajstić information content (AvgIpc) is 3.31. The maximum absolute atomic E-state index is 13.2. The fourth-order valence-corrected chi connectivity index (χ4v) is 4.99. The summed E-state index contributed by atoms with van der Waals surface area (Å²) in [5.41, 5.74) is 0.683. The molecule has 2 aromatic rings. The van der Waals surface area contributed by atoms with Gasteiger partial charge in [0.15, 0.2) is 0 Å². The number of sulfonamides is 1. The van der Waals surface area contributed by atoms with Crippen molar-refractivity contribution in [3.8, 4) is 5.75 Å². The zero-order chi connectivity index (χ0) is 23.1. The second kappa shape index (κ2) is 10.6. The molecule has 0 radical (unpaired) electrons. The molecule has 0 saturated carbocycles. The summed E-state index contributed by atoms with van der Waals surface area (Å²) < 4.78 is 43.5. The van der Waals surface area contributed by atoms with E-state index in [1.807, 2.05) is 0 Å². The van der Waals surface area contributed by atoms with E-state index in [2.05, 4.69) is 10.6 Å². The van der Waals surface area contributed by atoms with Crippen molar-refractivity contribution in [3.05, 3.63) is 47.9 Å². The molecule has 0 spiro atoms. The van der Waals surface area contributed by atoms with E-state index in [1.54, 1.807) is 25.1 Å². The quantitative estimate of drug-likeness (QED) is 0.552. The highest BCUT2D eigenvalue weighted by Gasteiger charge is 2.35. The Morgan fingerprint density at radius 2 is 2.00 bits per heavy atom. The van der Waals surface area contributed by atoms with E-state index in [9.17, 15) is 18.0 Å². The molecule has 3 rings (SSSR count). The lowest BCUT2D eigenvalue weighted by Crippen LogP contribution is -2.53. The molecule has 2 heterocycles. The summed E-state index contributed by atoms with van der Waals surface area (Å²) in [6.45, 7) is 2.43. The highest BCUT2D eigenvalue weighted by atomic mass is 32.2. The Morgan fingerprint density at radius 1 is 1.22 bits per heavy atom. The molecular weight excluding hydrogens is 438 g/mol. The van der Waals surface area contributed by atoms with Gasteiger partial charge < -0.3 is 24.5 Å². The fraction of sp³-hybridized carbons (Fsp3) is 0.429. The molecule has 0 bridgehead atoms. The molecule has 2 amide bonds. The average molecular weight is 466 g/mol. The third-order valence-corrected chi connectivity index (χ3v) is 6.89. The monoisotopic (exact) mass is 465 g/mol. The van der Waals surface area contributed by atoms with Crippen LogP contribution in [0.1, 0.15) is 17.7 Å². The van der Waals surface area contributed by atoms with Crippen LogP contribution in [0.3, 0.4) is 0 Å². The minimum absolute atomic E-state index is 0.105. The second-order valence-electron chi connectivity index (χ2n) is 7.22. The Kier molecular flexibility index (Phi) is 7.89. The van der Waals surface area contributed by atoms with Crippen LogP contribution in [0.15, 0.2) is 45.9 Å². The van der Waals surface area contributed by atoms with Crippen molar-refractivity contribution in [2.75, 3.05) is 33.4 Å². The molecule has 1 saturated heterocycles. The van der Waals surface area contributed by atoms with Crippen molar-refractivity contribution in [1.82, 2.24) is 14.9 Å². The first kappa shape index (κ1) is 23.8. The number of methoxy groups -OCH3 is 1. The van der Waals surface area contributed by atoms with E-state index in [-0.39, 0.29) is 24.5 Å². The van der Waals surface area contributed by atoms with Gasteiger partial charge in [-0.3, -0.25) is 9.59 Å². The molecule has 1 aliphatic heterocycles. The number of amides is 2. The summed E-state index contributed by atoms with van der Waals surface area (Å²) in [4.78, 5) is 24.2. The first-order chi connectivity index (χ1) is 15.3. The van der Waals surface area contributed by atoms with Gasteiger partial charge in [-0.1, -0.05) is 0 Å². The molecule has 0 aliphatic carbocycles. The molecule has 1 aliphatic rings. The summed E-state index contributed by atoms with van der Waals surface area (Å²) in [5, 5.41) is 4.95. The third-order valence-electron chi connectivity index (χ3n) is 5.01. The Morgan fingerprint density at radius 3 is 2.69 bits per heavy atom. The second-order valence-corrected chi connectivity index (χ2v) is 9.11. The molecule has 174 valence electrons. The van der Waals surface area contributed by atoms with E-state index in [0.29, 0.717) is 36.5 Å². The molecule has 0 unspecified atom stereocenters. The lowest BCUT2D eigenvalue weighted by molar-refractivity contribution is -0.140. The fourth-order valence-electron chi connectivity index (χ4n) is 3.34. The van der Waals surface area contributed by atoms with Gasteiger partial charge in [0.1, 0.15) is 17.7 Å². The third kappa shape index (κ3) is 5.67. The van der Waals surface area contributed by atoms with Gasteiger partial charge in [-0.05, 0) is 49.2 Å². The Balaban J connectivity index is 1.59. The topological polar surface area (TPSA) is 127 Å². The van der Waals surface area contributed by atoms with Crippen LogP contribution in [-0.2, 0) is 30.8 Å². The van der Waals surface area contributed by atoms with E-state index in [4.69, 9.17) is 13.9 Å². The zero-order valence-corrected chi connectivity index (χ0v) is 18.8. The number of furan rings is 1. The summed E-state index contributed by atoms with van der Waals surface area (Å²) in [6, 6.07) is 8.10. The number of ether oxygens (including phenoxy) is 2. The van der Waals surface area contributed by atoms with Gasteiger partial charge in [0.25, 0.3) is 0 Å². The van der Waals surface area contributed by atoms with Gasteiger partial charge >= 0.3 is 11.8 Å². The molecule has 2 N–H and O–H groups in total. The van der Waals surface area contributed by atoms with Crippen molar-refractivity contribution < 1.29 is 31.9 Å². The molecule has 32 heavy (non-hydrogen) atoms. The number of hydrogen-bond donors (Lipinski definition) is 2. The molecule has 1 aromatic carbocycles. The van der Waals surface area contributed by atoms with Crippen molar-refractivity contribution in [2.24, 2.45) is 0 Å². The molecule has 1 aromatic heterocycles. The van der Waals surface area contributed by atoms with Crippen molar-refractivity contribution in [1.29, 1.82) is 0 Å². The number of carbonyl (C=O) groups excluding carboxylic acids is 2. The molecule has 10 nitrogen and oxygen atoms in total. The number of nitrogens with zero attached hydrogens (tertiary/aromatic N) is 1. The molecule has 1 atom stereocenters. The van der Waals surface area contributed by atoms with Gasteiger partial charge in [0, 0.05) is 19.5 Å². The van der Waals surface area contributed by atoms with Crippen LogP contribution in [0.4, 0.5) is 0 Å². The van der Waals surface area contributed by atoms with E-state index < -0.39 is 28.1 Å². The van der Waals surface area contributed by atoms with Gasteiger partial charge in [-0.25, -0.2) is 8.42 Å². The van der Waals surface area contributed by atoms with Crippen LogP contribution in [0, 0.1) is 6.92 Å². The summed E-state index contributed by atoms with van der Waals surface area (Å²) >= 11 is 0. The maximum Gasteiger partial charge on any atom is 0.309 e. The SMILES string of the molecule is COc1ccc(S(=O)(=O)N2CCCO[C@H]2CNC(=O)C(=O)NCCc2ccco2)cc1C. The van der Waals surface area contributed by atoms with Gasteiger partial charge in [0.2, 0.25) is 10.0 Å². The normalized spacial score (nSPS) is 17.0. The summed E-state index contributed by atoms with van der Waals surface area (Å²) in [7, 11) is -2.36. The highest BCUT2D eigenvalue weighted by Crippen LogP contribution is 2.26. The number of nitrogens with one attached hydrogen (secondary N) is 2. The highest BCUT2D eigenvalue weighted by molar-refractivity contribution is 7.89. The molecule has 11 heteroatoms. The van der Waals surface area contributed by atoms with Gasteiger partial charge in [0.05, 0.1) is 31.4 Å². The number of aryl methyl sites for hydroxylation is 1. The predicted octanol–water partition coefficient (Wildman–Crippen LogP) is 0.809. The van der Waals surface area contributed by atoms with Gasteiger partial charge in [-0.15, -0.1) is 0 Å². The summed E-state index contributed by atoms with van der Waals surface area (Å²) in [6.07, 6.45) is 1.58. The standard InChI is InChI=1S/C21H27N3O7S/c1-15-13-17(6-7-18(15)29-2)32(27,28)24-10-4-12-31-19(24)14-23-21(26)20(25)22-9-8-16-5-3-11-30-16/h3,5-7,11,13,19H,4,8-10,12,14H2,1-2H3,(H,22,25)(H,23,26)/t19-/m0/s1. The first-order valence-corrected chi connectivity index (χ1v) is 11.6. The van der Waals surface area contributed by atoms with Crippen molar-refractivity contribution in [3.63, 3.8) is 0 Å². The van der Waals surface area contributed by atoms with Crippen LogP contribution < -0.4 is 15.4 Å². The first-order valence-electron chi connectivity index (χ1n) is 10.2. The molecular formula is C21H27N3O7S. The number of carbonyl (C=O) groups is 2. The van der Waals surface area contributed by atoms with Crippen LogP contribution in [0.25, 0.3) is 0 Å². The van der Waals surface area contributed by atoms with Crippen molar-refractivity contribution in [2.45, 2.75) is 30.9 Å². The minimum atomic E-state index is -3.88. The lowest BCUT2D eigenvalue weighted by atomic mass is 10.2.